The molecule has 0 spiro atoms. The fourth-order valence-corrected chi connectivity index (χ4v) is 6.67. The van der Waals surface area contributed by atoms with Crippen LogP contribution in [0.4, 0.5) is 0 Å². The molecule has 0 bridgehead atoms. The molecule has 0 amide bonds. The van der Waals surface area contributed by atoms with Gasteiger partial charge in [-0.2, -0.15) is 16.8 Å². The Labute approximate surface area is 283 Å². The monoisotopic (exact) mass is 694 g/mol. The standard InChI is InChI=1S/C37H42O9S2/c1-7-22-37(6,9-3)29-16-10-25(11-17-29)35(38)26-12-18-30(19-13-26)45-31-20-14-27(23-33(31)47(39,40)41)28-15-21-32(46-36(4,5)8-2)34(24-28)48(42,43)44/h10-21,23-24H,7-9,22H2,1-6H3,(H,39,40,41)(H,42,43,44). The molecule has 11 heteroatoms. The highest BCUT2D eigenvalue weighted by molar-refractivity contribution is 7.86. The molecule has 0 radical (unpaired) electrons. The van der Waals surface area contributed by atoms with Crippen LogP contribution in [0.5, 0.6) is 17.2 Å². The van der Waals surface area contributed by atoms with Gasteiger partial charge in [0.15, 0.2) is 5.78 Å². The van der Waals surface area contributed by atoms with Gasteiger partial charge in [-0.05, 0) is 104 Å². The van der Waals surface area contributed by atoms with Crippen molar-refractivity contribution < 1.29 is 40.2 Å². The first kappa shape index (κ1) is 36.8. The lowest BCUT2D eigenvalue weighted by Crippen LogP contribution is -2.27. The second-order valence-corrected chi connectivity index (χ2v) is 15.5. The molecule has 0 aromatic heterocycles. The molecule has 4 aromatic carbocycles. The molecule has 1 unspecified atom stereocenters. The van der Waals surface area contributed by atoms with Crippen LogP contribution in [0.2, 0.25) is 0 Å². The first-order chi connectivity index (χ1) is 22.4. The Morgan fingerprint density at radius 2 is 1.15 bits per heavy atom. The summed E-state index contributed by atoms with van der Waals surface area (Å²) >= 11 is 0. The summed E-state index contributed by atoms with van der Waals surface area (Å²) < 4.78 is 80.9. The molecular formula is C37H42O9S2. The molecule has 0 heterocycles. The largest absolute Gasteiger partial charge is 0.486 e. The molecule has 0 saturated heterocycles. The number of carbonyl (C=O) groups is 1. The van der Waals surface area contributed by atoms with Gasteiger partial charge in [0.05, 0.1) is 0 Å². The molecule has 256 valence electrons. The summed E-state index contributed by atoms with van der Waals surface area (Å²) in [6.07, 6.45) is 3.67. The van der Waals surface area contributed by atoms with Crippen LogP contribution in [0.25, 0.3) is 11.1 Å². The summed E-state index contributed by atoms with van der Waals surface area (Å²) in [5.74, 6) is -0.217. The molecule has 4 rings (SSSR count). The van der Waals surface area contributed by atoms with Crippen LogP contribution in [-0.2, 0) is 25.7 Å². The SMILES string of the molecule is CCCC(C)(CC)c1ccc(C(=O)c2ccc(Oc3ccc(-c4ccc(OC(C)(C)CC)c(S(=O)(=O)O)c4)cc3S(=O)(=O)O)cc2)cc1. The molecule has 0 saturated carbocycles. The lowest BCUT2D eigenvalue weighted by atomic mass is 9.76. The molecule has 0 aliphatic carbocycles. The second-order valence-electron chi connectivity index (χ2n) is 12.7. The summed E-state index contributed by atoms with van der Waals surface area (Å²) in [5.41, 5.74) is 1.93. The fraction of sp³-hybridized carbons (Fsp3) is 0.324. The van der Waals surface area contributed by atoms with Crippen molar-refractivity contribution in [2.75, 3.05) is 0 Å². The van der Waals surface area contributed by atoms with E-state index < -0.39 is 35.6 Å². The maximum absolute atomic E-state index is 13.2. The Hall–Kier alpha value is -4.03. The highest BCUT2D eigenvalue weighted by Crippen LogP contribution is 2.37. The number of hydrogen-bond donors (Lipinski definition) is 2. The van der Waals surface area contributed by atoms with E-state index in [0.29, 0.717) is 17.5 Å². The lowest BCUT2D eigenvalue weighted by Gasteiger charge is -2.28. The molecule has 2 N–H and O–H groups in total. The van der Waals surface area contributed by atoms with Crippen LogP contribution in [0.3, 0.4) is 0 Å². The molecule has 9 nitrogen and oxygen atoms in total. The Morgan fingerprint density at radius 3 is 1.60 bits per heavy atom. The predicted molar refractivity (Wildman–Crippen MR) is 185 cm³/mol. The van der Waals surface area contributed by atoms with Gasteiger partial charge in [0.1, 0.15) is 32.6 Å². The van der Waals surface area contributed by atoms with Crippen molar-refractivity contribution in [3.8, 4) is 28.4 Å². The Morgan fingerprint density at radius 1 is 0.667 bits per heavy atom. The van der Waals surface area contributed by atoms with Crippen molar-refractivity contribution in [1.29, 1.82) is 0 Å². The minimum absolute atomic E-state index is 0.0444. The van der Waals surface area contributed by atoms with E-state index in [-0.39, 0.29) is 39.6 Å². The number of carbonyl (C=O) groups excluding carboxylic acids is 1. The van der Waals surface area contributed by atoms with E-state index in [1.54, 1.807) is 26.0 Å². The number of rotatable bonds is 14. The molecule has 4 aromatic rings. The zero-order chi connectivity index (χ0) is 35.5. The van der Waals surface area contributed by atoms with E-state index in [0.717, 1.165) is 31.4 Å². The average molecular weight is 695 g/mol. The zero-order valence-corrected chi connectivity index (χ0v) is 29.6. The Bertz CT molecular complexity index is 2000. The van der Waals surface area contributed by atoms with E-state index >= 15 is 0 Å². The van der Waals surface area contributed by atoms with Gasteiger partial charge in [-0.15, -0.1) is 0 Å². The van der Waals surface area contributed by atoms with Crippen LogP contribution < -0.4 is 9.47 Å². The summed E-state index contributed by atoms with van der Waals surface area (Å²) in [4.78, 5) is 12.2. The molecule has 48 heavy (non-hydrogen) atoms. The minimum atomic E-state index is -4.81. The number of ketones is 1. The molecular weight excluding hydrogens is 653 g/mol. The van der Waals surface area contributed by atoms with Crippen molar-refractivity contribution in [3.05, 3.63) is 102 Å². The summed E-state index contributed by atoms with van der Waals surface area (Å²) in [7, 11) is -9.52. The Balaban J connectivity index is 1.60. The highest BCUT2D eigenvalue weighted by atomic mass is 32.2. The van der Waals surface area contributed by atoms with Crippen molar-refractivity contribution in [3.63, 3.8) is 0 Å². The third-order valence-electron chi connectivity index (χ3n) is 8.78. The lowest BCUT2D eigenvalue weighted by molar-refractivity contribution is 0.101. The fourth-order valence-electron chi connectivity index (χ4n) is 5.39. The van der Waals surface area contributed by atoms with E-state index in [1.807, 2.05) is 31.2 Å². The van der Waals surface area contributed by atoms with Gasteiger partial charge >= 0.3 is 0 Å². The number of hydrogen-bond acceptors (Lipinski definition) is 7. The summed E-state index contributed by atoms with van der Waals surface area (Å²) in [6.45, 7) is 12.0. The van der Waals surface area contributed by atoms with E-state index in [9.17, 15) is 30.7 Å². The quantitative estimate of drug-likeness (QED) is 0.0976. The number of benzene rings is 4. The predicted octanol–water partition coefficient (Wildman–Crippen LogP) is 8.91. The van der Waals surface area contributed by atoms with Crippen LogP contribution >= 0.6 is 0 Å². The minimum Gasteiger partial charge on any atom is -0.486 e. The van der Waals surface area contributed by atoms with Gasteiger partial charge < -0.3 is 9.47 Å². The van der Waals surface area contributed by atoms with Gasteiger partial charge in [-0.1, -0.05) is 70.5 Å². The Kier molecular flexibility index (Phi) is 10.9. The van der Waals surface area contributed by atoms with Crippen molar-refractivity contribution in [2.45, 2.75) is 88.0 Å². The van der Waals surface area contributed by atoms with Crippen LogP contribution in [-0.4, -0.2) is 37.3 Å². The maximum atomic E-state index is 13.2. The smallest absolute Gasteiger partial charge is 0.298 e. The highest BCUT2D eigenvalue weighted by Gasteiger charge is 2.26. The summed E-state index contributed by atoms with van der Waals surface area (Å²) in [6, 6.07) is 21.8. The van der Waals surface area contributed by atoms with Crippen molar-refractivity contribution in [2.24, 2.45) is 0 Å². The second kappa shape index (κ2) is 14.2. The van der Waals surface area contributed by atoms with E-state index in [2.05, 4.69) is 20.8 Å². The van der Waals surface area contributed by atoms with Gasteiger partial charge in [0.25, 0.3) is 20.2 Å². The van der Waals surface area contributed by atoms with Crippen molar-refractivity contribution in [1.82, 2.24) is 0 Å². The third kappa shape index (κ3) is 8.51. The van der Waals surface area contributed by atoms with E-state index in [4.69, 9.17) is 9.47 Å². The maximum Gasteiger partial charge on any atom is 0.298 e. The normalized spacial score (nSPS) is 13.5. The van der Waals surface area contributed by atoms with Gasteiger partial charge in [0.2, 0.25) is 0 Å². The average Bonchev–Trinajstić information content (AvgIpc) is 3.04. The third-order valence-corrected chi connectivity index (χ3v) is 10.5. The zero-order valence-electron chi connectivity index (χ0n) is 28.0. The van der Waals surface area contributed by atoms with Crippen LogP contribution in [0.1, 0.15) is 88.7 Å². The molecule has 0 aliphatic rings. The first-order valence-electron chi connectivity index (χ1n) is 15.8. The molecule has 0 aliphatic heterocycles. The molecule has 0 fully saturated rings. The van der Waals surface area contributed by atoms with Gasteiger partial charge in [-0.3, -0.25) is 13.9 Å². The van der Waals surface area contributed by atoms with Crippen LogP contribution in [0, 0.1) is 0 Å². The number of ether oxygens (including phenoxy) is 2. The van der Waals surface area contributed by atoms with Gasteiger partial charge in [0, 0.05) is 11.1 Å². The first-order valence-corrected chi connectivity index (χ1v) is 18.6. The molecule has 1 atom stereocenters. The van der Waals surface area contributed by atoms with Crippen molar-refractivity contribution >= 4 is 26.0 Å². The summed E-state index contributed by atoms with van der Waals surface area (Å²) in [5, 5.41) is 0. The topological polar surface area (TPSA) is 144 Å². The van der Waals surface area contributed by atoms with Crippen LogP contribution in [0.15, 0.2) is 94.7 Å². The van der Waals surface area contributed by atoms with E-state index in [1.165, 1.54) is 42.0 Å². The van der Waals surface area contributed by atoms with Gasteiger partial charge in [-0.25, -0.2) is 0 Å².